The first kappa shape index (κ1) is 14.3. The average molecular weight is 288 g/mol. The minimum Gasteiger partial charge on any atom is -0.409 e. The Morgan fingerprint density at radius 2 is 2.10 bits per heavy atom. The lowest BCUT2D eigenvalue weighted by Crippen LogP contribution is -2.24. The molecule has 1 aromatic heterocycles. The van der Waals surface area contributed by atoms with E-state index in [4.69, 9.17) is 10.9 Å². The zero-order valence-electron chi connectivity index (χ0n) is 11.1. The fourth-order valence-electron chi connectivity index (χ4n) is 1.76. The van der Waals surface area contributed by atoms with Crippen LogP contribution in [-0.2, 0) is 0 Å². The van der Waals surface area contributed by atoms with Crippen LogP contribution in [0, 0.1) is 6.92 Å². The van der Waals surface area contributed by atoms with Gasteiger partial charge in [0.15, 0.2) is 5.16 Å². The van der Waals surface area contributed by atoms with Gasteiger partial charge in [0, 0.05) is 17.6 Å². The van der Waals surface area contributed by atoms with E-state index < -0.39 is 0 Å². The van der Waals surface area contributed by atoms with Gasteiger partial charge in [0.1, 0.15) is 5.84 Å². The number of hydrogen-bond acceptors (Lipinski definition) is 5. The van der Waals surface area contributed by atoms with E-state index in [0.717, 1.165) is 11.3 Å². The second-order valence-electron chi connectivity index (χ2n) is 4.28. The number of thioether (sulfide) groups is 1. The predicted octanol–water partition coefficient (Wildman–Crippen LogP) is 2.41. The molecule has 6 heteroatoms. The molecule has 0 amide bonds. The summed E-state index contributed by atoms with van der Waals surface area (Å²) in [6, 6.07) is 11.6. The molecule has 104 valence electrons. The standard InChI is InChI=1S/C14H16N4OS/c1-10-7-8-16-14(17-10)20-9-12(13(15)18-19)11-5-3-2-4-6-11/h2-8,12,19H,9H2,1H3,(H2,15,18). The summed E-state index contributed by atoms with van der Waals surface area (Å²) in [5.74, 6) is 0.635. The van der Waals surface area contributed by atoms with Crippen LogP contribution in [0.15, 0.2) is 52.9 Å². The smallest absolute Gasteiger partial charge is 0.187 e. The van der Waals surface area contributed by atoms with Crippen molar-refractivity contribution in [3.63, 3.8) is 0 Å². The molecule has 0 fully saturated rings. The van der Waals surface area contributed by atoms with Crippen molar-refractivity contribution in [1.29, 1.82) is 0 Å². The van der Waals surface area contributed by atoms with E-state index in [1.54, 1.807) is 6.20 Å². The molecule has 0 saturated heterocycles. The molecule has 1 heterocycles. The van der Waals surface area contributed by atoms with E-state index in [-0.39, 0.29) is 11.8 Å². The lowest BCUT2D eigenvalue weighted by Gasteiger charge is -2.15. The highest BCUT2D eigenvalue weighted by molar-refractivity contribution is 7.99. The summed E-state index contributed by atoms with van der Waals surface area (Å²) in [7, 11) is 0. The van der Waals surface area contributed by atoms with Crippen LogP contribution in [0.4, 0.5) is 0 Å². The van der Waals surface area contributed by atoms with Crippen LogP contribution >= 0.6 is 11.8 Å². The molecule has 2 rings (SSSR count). The Morgan fingerprint density at radius 1 is 1.35 bits per heavy atom. The SMILES string of the molecule is Cc1ccnc(SCC(C(N)=NO)c2ccccc2)n1. The van der Waals surface area contributed by atoms with Crippen LogP contribution in [0.2, 0.25) is 0 Å². The third kappa shape index (κ3) is 3.71. The van der Waals surface area contributed by atoms with Gasteiger partial charge in [-0.2, -0.15) is 0 Å². The third-order valence-electron chi connectivity index (χ3n) is 2.83. The highest BCUT2D eigenvalue weighted by atomic mass is 32.2. The normalized spacial score (nSPS) is 13.2. The predicted molar refractivity (Wildman–Crippen MR) is 80.1 cm³/mol. The Labute approximate surface area is 121 Å². The molecule has 0 aliphatic rings. The van der Waals surface area contributed by atoms with Crippen molar-refractivity contribution in [2.24, 2.45) is 10.9 Å². The molecule has 5 nitrogen and oxygen atoms in total. The second kappa shape index (κ2) is 6.91. The number of rotatable bonds is 5. The summed E-state index contributed by atoms with van der Waals surface area (Å²) in [5.41, 5.74) is 7.71. The lowest BCUT2D eigenvalue weighted by molar-refractivity contribution is 0.316. The molecule has 1 unspecified atom stereocenters. The summed E-state index contributed by atoms with van der Waals surface area (Å²) < 4.78 is 0. The zero-order chi connectivity index (χ0) is 14.4. The molecule has 1 atom stereocenters. The van der Waals surface area contributed by atoms with Crippen molar-refractivity contribution in [3.05, 3.63) is 53.9 Å². The number of aryl methyl sites for hydroxylation is 1. The number of hydrogen-bond donors (Lipinski definition) is 2. The molecule has 3 N–H and O–H groups in total. The largest absolute Gasteiger partial charge is 0.409 e. The van der Waals surface area contributed by atoms with Crippen molar-refractivity contribution in [2.45, 2.75) is 18.0 Å². The van der Waals surface area contributed by atoms with Crippen molar-refractivity contribution in [2.75, 3.05) is 5.75 Å². The van der Waals surface area contributed by atoms with Gasteiger partial charge in [-0.1, -0.05) is 47.2 Å². The molecule has 0 radical (unpaired) electrons. The molecular formula is C14H16N4OS. The maximum Gasteiger partial charge on any atom is 0.187 e. The minimum atomic E-state index is -0.171. The second-order valence-corrected chi connectivity index (χ2v) is 5.27. The van der Waals surface area contributed by atoms with Crippen LogP contribution < -0.4 is 5.73 Å². The summed E-state index contributed by atoms with van der Waals surface area (Å²) in [6.45, 7) is 1.92. The van der Waals surface area contributed by atoms with Crippen molar-refractivity contribution < 1.29 is 5.21 Å². The van der Waals surface area contributed by atoms with Crippen LogP contribution in [-0.4, -0.2) is 26.8 Å². The molecule has 0 spiro atoms. The van der Waals surface area contributed by atoms with Crippen molar-refractivity contribution >= 4 is 17.6 Å². The molecule has 1 aromatic carbocycles. The van der Waals surface area contributed by atoms with E-state index in [1.807, 2.05) is 43.3 Å². The Hall–Kier alpha value is -2.08. The Kier molecular flexibility index (Phi) is 4.95. The number of nitrogens with two attached hydrogens (primary N) is 1. The topological polar surface area (TPSA) is 84.4 Å². The fourth-order valence-corrected chi connectivity index (χ4v) is 2.78. The van der Waals surface area contributed by atoms with Gasteiger partial charge in [-0.15, -0.1) is 0 Å². The molecule has 0 bridgehead atoms. The third-order valence-corrected chi connectivity index (χ3v) is 3.78. The summed E-state index contributed by atoms with van der Waals surface area (Å²) in [4.78, 5) is 8.53. The fraction of sp³-hybridized carbons (Fsp3) is 0.214. The molecule has 0 aliphatic heterocycles. The van der Waals surface area contributed by atoms with Crippen molar-refractivity contribution in [3.8, 4) is 0 Å². The number of oxime groups is 1. The summed E-state index contributed by atoms with van der Waals surface area (Å²) in [5, 5.41) is 12.8. The first-order valence-corrected chi connectivity index (χ1v) is 7.14. The first-order valence-electron chi connectivity index (χ1n) is 6.15. The van der Waals surface area contributed by atoms with Crippen LogP contribution in [0.25, 0.3) is 0 Å². The number of benzene rings is 1. The summed E-state index contributed by atoms with van der Waals surface area (Å²) >= 11 is 1.49. The molecular weight excluding hydrogens is 272 g/mol. The van der Waals surface area contributed by atoms with E-state index in [0.29, 0.717) is 10.9 Å². The summed E-state index contributed by atoms with van der Waals surface area (Å²) in [6.07, 6.45) is 1.73. The number of aromatic nitrogens is 2. The van der Waals surface area contributed by atoms with Gasteiger partial charge in [-0.25, -0.2) is 9.97 Å². The highest BCUT2D eigenvalue weighted by Crippen LogP contribution is 2.24. The van der Waals surface area contributed by atoms with Crippen LogP contribution in [0.1, 0.15) is 17.2 Å². The molecule has 0 saturated carbocycles. The van der Waals surface area contributed by atoms with E-state index in [2.05, 4.69) is 15.1 Å². The molecule has 20 heavy (non-hydrogen) atoms. The minimum absolute atomic E-state index is 0.171. The van der Waals surface area contributed by atoms with Crippen LogP contribution in [0.3, 0.4) is 0 Å². The van der Waals surface area contributed by atoms with Gasteiger partial charge < -0.3 is 10.9 Å². The highest BCUT2D eigenvalue weighted by Gasteiger charge is 2.17. The van der Waals surface area contributed by atoms with E-state index >= 15 is 0 Å². The van der Waals surface area contributed by atoms with Gasteiger partial charge in [0.25, 0.3) is 0 Å². The zero-order valence-corrected chi connectivity index (χ0v) is 11.9. The van der Waals surface area contributed by atoms with Gasteiger partial charge in [0.2, 0.25) is 0 Å². The van der Waals surface area contributed by atoms with Gasteiger partial charge >= 0.3 is 0 Å². The maximum absolute atomic E-state index is 8.93. The van der Waals surface area contributed by atoms with E-state index in [9.17, 15) is 0 Å². The number of nitrogens with zero attached hydrogens (tertiary/aromatic N) is 3. The maximum atomic E-state index is 8.93. The van der Waals surface area contributed by atoms with Crippen LogP contribution in [0.5, 0.6) is 0 Å². The van der Waals surface area contributed by atoms with Gasteiger partial charge in [-0.05, 0) is 18.6 Å². The Morgan fingerprint density at radius 3 is 2.75 bits per heavy atom. The first-order chi connectivity index (χ1) is 9.70. The Bertz CT molecular complexity index is 589. The van der Waals surface area contributed by atoms with Gasteiger partial charge in [0.05, 0.1) is 5.92 Å². The quantitative estimate of drug-likeness (QED) is 0.220. The van der Waals surface area contributed by atoms with Crippen molar-refractivity contribution in [1.82, 2.24) is 9.97 Å². The lowest BCUT2D eigenvalue weighted by atomic mass is 10.0. The average Bonchev–Trinajstić information content (AvgIpc) is 2.48. The molecule has 2 aromatic rings. The molecule has 0 aliphatic carbocycles. The van der Waals surface area contributed by atoms with Gasteiger partial charge in [-0.3, -0.25) is 0 Å². The Balaban J connectivity index is 2.13. The number of amidine groups is 1. The monoisotopic (exact) mass is 288 g/mol. The van der Waals surface area contributed by atoms with E-state index in [1.165, 1.54) is 11.8 Å².